The molecule has 2 N–H and O–H groups in total. The Kier molecular flexibility index (Phi) is 10.3. The van der Waals surface area contributed by atoms with Crippen LogP contribution in [0, 0.1) is 11.3 Å². The Hall–Kier alpha value is -3.82. The number of methoxy groups -OCH3 is 1. The van der Waals surface area contributed by atoms with Crippen molar-refractivity contribution in [2.75, 3.05) is 57.1 Å². The molecular weight excluding hydrogens is 574 g/mol. The van der Waals surface area contributed by atoms with Gasteiger partial charge in [-0.25, -0.2) is 15.0 Å². The van der Waals surface area contributed by atoms with Crippen molar-refractivity contribution < 1.29 is 9.47 Å². The van der Waals surface area contributed by atoms with Gasteiger partial charge in [0, 0.05) is 35.8 Å². The highest BCUT2D eigenvalue weighted by atomic mass is 32.1. The first-order valence-electron chi connectivity index (χ1n) is 15.5. The van der Waals surface area contributed by atoms with Gasteiger partial charge in [0.15, 0.2) is 5.90 Å². The maximum atomic E-state index is 9.87. The fourth-order valence-corrected chi connectivity index (χ4v) is 7.58. The SMILES string of the molecule is C=C(/N=C(\OC)[C@@]1(C)CCCc2sc(N)c(C#N)c21)c1ccnc(N2CCCN(CCCCOC3=CCCN=N3)C[C@@H]2C)n1. The van der Waals surface area contributed by atoms with Gasteiger partial charge in [0.05, 0.1) is 42.6 Å². The molecule has 11 nitrogen and oxygen atoms in total. The highest BCUT2D eigenvalue weighted by molar-refractivity contribution is 7.16. The Morgan fingerprint density at radius 2 is 2.18 bits per heavy atom. The second-order valence-electron chi connectivity index (χ2n) is 11.8. The molecule has 12 heteroatoms. The number of hydrogen-bond acceptors (Lipinski definition) is 12. The van der Waals surface area contributed by atoms with Crippen molar-refractivity contribution in [1.82, 2.24) is 14.9 Å². The number of anilines is 2. The second-order valence-corrected chi connectivity index (χ2v) is 12.9. The molecule has 44 heavy (non-hydrogen) atoms. The van der Waals surface area contributed by atoms with Crippen molar-refractivity contribution in [2.45, 2.75) is 70.3 Å². The Morgan fingerprint density at radius 1 is 1.32 bits per heavy atom. The molecule has 0 aromatic carbocycles. The molecule has 4 heterocycles. The summed E-state index contributed by atoms with van der Waals surface area (Å²) in [6, 6.07) is 4.40. The van der Waals surface area contributed by atoms with E-state index in [0.29, 0.717) is 46.3 Å². The molecule has 1 saturated heterocycles. The number of fused-ring (bicyclic) bond motifs is 1. The molecule has 1 aliphatic carbocycles. The van der Waals surface area contributed by atoms with E-state index in [4.69, 9.17) is 25.2 Å². The number of rotatable bonds is 10. The molecule has 0 saturated carbocycles. The van der Waals surface area contributed by atoms with Crippen molar-refractivity contribution in [3.05, 3.63) is 52.5 Å². The molecule has 5 rings (SSSR count). The molecule has 1 fully saturated rings. The average Bonchev–Trinajstić information content (AvgIpc) is 3.26. The summed E-state index contributed by atoms with van der Waals surface area (Å²) in [6.07, 6.45) is 10.4. The molecule has 2 aliphatic heterocycles. The van der Waals surface area contributed by atoms with Gasteiger partial charge in [0.25, 0.3) is 0 Å². The van der Waals surface area contributed by atoms with Crippen LogP contribution in [0.2, 0.25) is 0 Å². The number of nitrogens with two attached hydrogens (primary N) is 1. The van der Waals surface area contributed by atoms with Crippen molar-refractivity contribution in [3.63, 3.8) is 0 Å². The number of azo groups is 1. The van der Waals surface area contributed by atoms with E-state index < -0.39 is 5.41 Å². The van der Waals surface area contributed by atoms with Gasteiger partial charge in [-0.2, -0.15) is 10.4 Å². The summed E-state index contributed by atoms with van der Waals surface area (Å²) < 4.78 is 11.6. The zero-order chi connectivity index (χ0) is 31.1. The third-order valence-electron chi connectivity index (χ3n) is 8.61. The summed E-state index contributed by atoms with van der Waals surface area (Å²) in [7, 11) is 1.62. The van der Waals surface area contributed by atoms with E-state index in [1.807, 2.05) is 12.1 Å². The van der Waals surface area contributed by atoms with Crippen LogP contribution in [0.5, 0.6) is 0 Å². The summed E-state index contributed by atoms with van der Waals surface area (Å²) in [5.41, 5.74) is 8.27. The van der Waals surface area contributed by atoms with Crippen LogP contribution in [0.25, 0.3) is 5.70 Å². The molecule has 2 aromatic heterocycles. The minimum absolute atomic E-state index is 0.246. The predicted molar refractivity (Wildman–Crippen MR) is 175 cm³/mol. The fraction of sp³-hybridized carbons (Fsp3) is 0.562. The lowest BCUT2D eigenvalue weighted by Gasteiger charge is -2.34. The molecule has 2 aromatic rings. The van der Waals surface area contributed by atoms with E-state index in [1.165, 1.54) is 11.3 Å². The summed E-state index contributed by atoms with van der Waals surface area (Å²) >= 11 is 1.50. The van der Waals surface area contributed by atoms with Crippen LogP contribution >= 0.6 is 11.3 Å². The molecule has 0 spiro atoms. The number of unbranched alkanes of at least 4 members (excludes halogenated alkanes) is 1. The maximum absolute atomic E-state index is 9.87. The molecule has 0 amide bonds. The number of thiophene rings is 1. The lowest BCUT2D eigenvalue weighted by Crippen LogP contribution is -2.40. The van der Waals surface area contributed by atoms with E-state index in [9.17, 15) is 5.26 Å². The van der Waals surface area contributed by atoms with Crippen LogP contribution < -0.4 is 10.6 Å². The number of nitrogens with zero attached hydrogens (tertiary/aromatic N) is 8. The van der Waals surface area contributed by atoms with Gasteiger partial charge in [-0.15, -0.1) is 16.5 Å². The molecule has 0 unspecified atom stereocenters. The molecule has 3 aliphatic rings. The summed E-state index contributed by atoms with van der Waals surface area (Å²) in [5.74, 6) is 1.85. The number of nitrogen functional groups attached to an aromatic ring is 1. The lowest BCUT2D eigenvalue weighted by atomic mass is 9.72. The van der Waals surface area contributed by atoms with Crippen molar-refractivity contribution in [3.8, 4) is 6.07 Å². The van der Waals surface area contributed by atoms with Crippen LogP contribution in [0.4, 0.5) is 10.9 Å². The third-order valence-corrected chi connectivity index (χ3v) is 9.69. The zero-order valence-electron chi connectivity index (χ0n) is 26.1. The van der Waals surface area contributed by atoms with E-state index in [0.717, 1.165) is 88.1 Å². The topological polar surface area (TPSA) is 138 Å². The second kappa shape index (κ2) is 14.3. The van der Waals surface area contributed by atoms with E-state index in [1.54, 1.807) is 13.3 Å². The predicted octanol–water partition coefficient (Wildman–Crippen LogP) is 5.70. The Balaban J connectivity index is 1.23. The van der Waals surface area contributed by atoms with Gasteiger partial charge in [-0.3, -0.25) is 0 Å². The van der Waals surface area contributed by atoms with E-state index >= 15 is 0 Å². The van der Waals surface area contributed by atoms with Gasteiger partial charge in [-0.1, -0.05) is 6.58 Å². The molecule has 0 bridgehead atoms. The number of aryl methyl sites for hydroxylation is 1. The normalized spacial score (nSPS) is 22.5. The van der Waals surface area contributed by atoms with Crippen LogP contribution in [0.15, 0.2) is 46.0 Å². The monoisotopic (exact) mass is 617 g/mol. The standard InChI is InChI=1S/C32H43N9O2S/c1-22-21-40(16-5-6-19-43-27-11-8-14-36-39-27)17-9-18-41(22)31-35-15-12-25(38-31)23(2)37-30(42-4)32(3)13-7-10-26-28(32)24(20-33)29(34)44-26/h11-12,15,22H,2,5-10,13-14,16-19,21,34H2,1,3-4H3/b37-30-/t22-,32-/m0/s1. The molecule has 2 atom stereocenters. The lowest BCUT2D eigenvalue weighted by molar-refractivity contribution is 0.188. The average molecular weight is 618 g/mol. The minimum Gasteiger partial charge on any atom is -0.483 e. The highest BCUT2D eigenvalue weighted by Gasteiger charge is 2.42. The highest BCUT2D eigenvalue weighted by Crippen LogP contribution is 2.46. The smallest absolute Gasteiger partial charge is 0.228 e. The van der Waals surface area contributed by atoms with Crippen molar-refractivity contribution >= 4 is 33.9 Å². The quantitative estimate of drug-likeness (QED) is 0.204. The third kappa shape index (κ3) is 6.94. The Morgan fingerprint density at radius 3 is 2.95 bits per heavy atom. The first-order valence-corrected chi connectivity index (χ1v) is 16.3. The molecular formula is C32H43N9O2S. The van der Waals surface area contributed by atoms with Crippen LogP contribution in [-0.4, -0.2) is 73.2 Å². The van der Waals surface area contributed by atoms with Gasteiger partial charge in [-0.05, 0) is 84.0 Å². The number of nitriles is 1. The van der Waals surface area contributed by atoms with Crippen molar-refractivity contribution in [1.29, 1.82) is 5.26 Å². The summed E-state index contributed by atoms with van der Waals surface area (Å²) in [4.78, 5) is 20.4. The van der Waals surface area contributed by atoms with Crippen LogP contribution in [-0.2, 0) is 21.3 Å². The Bertz CT molecular complexity index is 1480. The Labute approximate surface area is 264 Å². The van der Waals surface area contributed by atoms with Gasteiger partial charge in [0.1, 0.15) is 11.1 Å². The summed E-state index contributed by atoms with van der Waals surface area (Å²) in [5, 5.41) is 18.5. The van der Waals surface area contributed by atoms with Gasteiger partial charge < -0.3 is 25.0 Å². The first kappa shape index (κ1) is 31.6. The van der Waals surface area contributed by atoms with E-state index in [-0.39, 0.29) is 6.04 Å². The van der Waals surface area contributed by atoms with E-state index in [2.05, 4.69) is 51.5 Å². The van der Waals surface area contributed by atoms with Crippen LogP contribution in [0.1, 0.15) is 74.1 Å². The van der Waals surface area contributed by atoms with Crippen molar-refractivity contribution in [2.24, 2.45) is 15.2 Å². The maximum Gasteiger partial charge on any atom is 0.228 e. The molecule has 234 valence electrons. The first-order chi connectivity index (χ1) is 21.3. The zero-order valence-corrected chi connectivity index (χ0v) is 26.9. The largest absolute Gasteiger partial charge is 0.483 e. The number of hydrogen-bond donors (Lipinski definition) is 1. The number of aromatic nitrogens is 2. The summed E-state index contributed by atoms with van der Waals surface area (Å²) in [6.45, 7) is 13.9. The van der Waals surface area contributed by atoms with Gasteiger partial charge >= 0.3 is 0 Å². The fourth-order valence-electron chi connectivity index (χ4n) is 6.39. The molecule has 0 radical (unpaired) electrons. The number of ether oxygens (including phenoxy) is 2. The van der Waals surface area contributed by atoms with Crippen LogP contribution in [0.3, 0.4) is 0 Å². The number of aliphatic imine (C=N–C) groups is 1. The minimum atomic E-state index is -0.576. The van der Waals surface area contributed by atoms with Gasteiger partial charge in [0.2, 0.25) is 11.8 Å².